The number of unbranched alkanes of at least 4 members (excludes halogenated alkanes) is 1. The molecule has 0 aromatic heterocycles. The standard InChI is InChI=1S/C30H53N3O14/c1-2-3-7-38-9-11-40-13-15-42-17-19-44-21-23-46-25-26-47-24-22-45-20-18-43-16-14-41-12-10-39-8-6-31-29-5-4-28(32(34)35)27-30(29)33(36)37/h4-5,27,31H,2-3,6-26H2,1H3. The lowest BCUT2D eigenvalue weighted by Gasteiger charge is -2.09. The molecule has 272 valence electrons. The first-order chi connectivity index (χ1) is 23.1. The van der Waals surface area contributed by atoms with E-state index in [0.29, 0.717) is 125 Å². The van der Waals surface area contributed by atoms with Crippen LogP contribution in [0.1, 0.15) is 19.8 Å². The van der Waals surface area contributed by atoms with Crippen LogP contribution in [0, 0.1) is 20.2 Å². The highest BCUT2D eigenvalue weighted by atomic mass is 16.6. The van der Waals surface area contributed by atoms with E-state index in [2.05, 4.69) is 12.2 Å². The molecule has 0 bridgehead atoms. The third-order valence-electron chi connectivity index (χ3n) is 5.94. The monoisotopic (exact) mass is 679 g/mol. The fourth-order valence-corrected chi connectivity index (χ4v) is 3.52. The van der Waals surface area contributed by atoms with Gasteiger partial charge in [0.05, 0.1) is 141 Å². The molecule has 0 fully saturated rings. The van der Waals surface area contributed by atoms with Gasteiger partial charge in [0.15, 0.2) is 0 Å². The van der Waals surface area contributed by atoms with Crippen LogP contribution in [0.4, 0.5) is 17.1 Å². The van der Waals surface area contributed by atoms with Crippen LogP contribution in [-0.4, -0.2) is 149 Å². The van der Waals surface area contributed by atoms with E-state index in [1.807, 2.05) is 0 Å². The van der Waals surface area contributed by atoms with E-state index in [9.17, 15) is 20.2 Å². The third-order valence-corrected chi connectivity index (χ3v) is 5.94. The molecule has 0 aliphatic carbocycles. The van der Waals surface area contributed by atoms with E-state index in [-0.39, 0.29) is 23.7 Å². The molecule has 0 atom stereocenters. The van der Waals surface area contributed by atoms with Crippen LogP contribution < -0.4 is 5.32 Å². The number of nitro benzene ring substituents is 2. The van der Waals surface area contributed by atoms with Crippen molar-refractivity contribution in [3.8, 4) is 0 Å². The highest BCUT2D eigenvalue weighted by Gasteiger charge is 2.19. The van der Waals surface area contributed by atoms with Crippen molar-refractivity contribution >= 4 is 17.1 Å². The molecule has 0 aliphatic heterocycles. The minimum atomic E-state index is -0.680. The molecule has 17 heteroatoms. The zero-order valence-electron chi connectivity index (χ0n) is 27.6. The number of ether oxygens (including phenoxy) is 10. The number of anilines is 1. The average Bonchev–Trinajstić information content (AvgIpc) is 3.06. The van der Waals surface area contributed by atoms with Crippen molar-refractivity contribution in [3.63, 3.8) is 0 Å². The molecule has 0 aliphatic rings. The molecular weight excluding hydrogens is 626 g/mol. The molecule has 1 N–H and O–H groups in total. The SMILES string of the molecule is CCCCOCCOCCOCCOCCOCCOCCOCCOCCOCCOCCNc1ccc([N+](=O)[O-])cc1[N+](=O)[O-]. The molecule has 17 nitrogen and oxygen atoms in total. The van der Waals surface area contributed by atoms with Gasteiger partial charge in [0.2, 0.25) is 0 Å². The Labute approximate surface area is 276 Å². The van der Waals surface area contributed by atoms with Gasteiger partial charge in [-0.15, -0.1) is 0 Å². The van der Waals surface area contributed by atoms with Gasteiger partial charge in [0.1, 0.15) is 5.69 Å². The normalized spacial score (nSPS) is 11.3. The minimum Gasteiger partial charge on any atom is -0.379 e. The van der Waals surface area contributed by atoms with Gasteiger partial charge in [-0.3, -0.25) is 20.2 Å². The summed E-state index contributed by atoms with van der Waals surface area (Å²) >= 11 is 0. The van der Waals surface area contributed by atoms with E-state index in [1.165, 1.54) is 12.1 Å². The molecule has 0 heterocycles. The Balaban J connectivity index is 1.73. The van der Waals surface area contributed by atoms with Crippen LogP contribution in [0.5, 0.6) is 0 Å². The van der Waals surface area contributed by atoms with Crippen molar-refractivity contribution in [2.45, 2.75) is 19.8 Å². The summed E-state index contributed by atoms with van der Waals surface area (Å²) < 4.78 is 54.4. The number of benzene rings is 1. The van der Waals surface area contributed by atoms with E-state index < -0.39 is 9.85 Å². The van der Waals surface area contributed by atoms with E-state index in [4.69, 9.17) is 47.4 Å². The van der Waals surface area contributed by atoms with Crippen molar-refractivity contribution in [1.82, 2.24) is 0 Å². The Morgan fingerprint density at radius 1 is 0.511 bits per heavy atom. The molecule has 1 aromatic carbocycles. The molecule has 1 rings (SSSR count). The van der Waals surface area contributed by atoms with Gasteiger partial charge in [-0.25, -0.2) is 0 Å². The van der Waals surface area contributed by atoms with Crippen molar-refractivity contribution in [1.29, 1.82) is 0 Å². The number of nitro groups is 2. The minimum absolute atomic E-state index is 0.187. The van der Waals surface area contributed by atoms with Crippen LogP contribution in [-0.2, 0) is 47.4 Å². The van der Waals surface area contributed by atoms with Crippen molar-refractivity contribution in [2.75, 3.05) is 144 Å². The Kier molecular flexibility index (Phi) is 28.9. The lowest BCUT2D eigenvalue weighted by atomic mass is 10.2. The fraction of sp³-hybridized carbons (Fsp3) is 0.800. The molecule has 0 spiro atoms. The number of hydrogen-bond donors (Lipinski definition) is 1. The molecule has 0 unspecified atom stereocenters. The highest BCUT2D eigenvalue weighted by Crippen LogP contribution is 2.28. The summed E-state index contributed by atoms with van der Waals surface area (Å²) in [5, 5.41) is 24.8. The first kappa shape index (κ1) is 42.4. The molecule has 0 saturated heterocycles. The van der Waals surface area contributed by atoms with Gasteiger partial charge in [0, 0.05) is 19.2 Å². The molecule has 1 aromatic rings. The Morgan fingerprint density at radius 3 is 1.17 bits per heavy atom. The Hall–Kier alpha value is -2.58. The predicted molar refractivity (Wildman–Crippen MR) is 171 cm³/mol. The van der Waals surface area contributed by atoms with Gasteiger partial charge in [-0.05, 0) is 12.5 Å². The number of nitrogens with one attached hydrogen (secondary N) is 1. The summed E-state index contributed by atoms with van der Waals surface area (Å²) in [6, 6.07) is 3.43. The third kappa shape index (κ3) is 26.1. The number of rotatable bonds is 36. The van der Waals surface area contributed by atoms with Crippen LogP contribution in [0.15, 0.2) is 18.2 Å². The Morgan fingerprint density at radius 2 is 0.851 bits per heavy atom. The van der Waals surface area contributed by atoms with Crippen LogP contribution in [0.2, 0.25) is 0 Å². The number of non-ortho nitro benzene ring substituents is 1. The summed E-state index contributed by atoms with van der Waals surface area (Å²) in [5.74, 6) is 0. The van der Waals surface area contributed by atoms with Crippen molar-refractivity contribution in [3.05, 3.63) is 38.4 Å². The van der Waals surface area contributed by atoms with Crippen LogP contribution in [0.3, 0.4) is 0 Å². The summed E-state index contributed by atoms with van der Waals surface area (Å²) in [5.41, 5.74) is -0.520. The van der Waals surface area contributed by atoms with Crippen LogP contribution in [0.25, 0.3) is 0 Å². The Bertz CT molecular complexity index is 899. The van der Waals surface area contributed by atoms with Gasteiger partial charge >= 0.3 is 0 Å². The summed E-state index contributed by atoms with van der Waals surface area (Å²) in [4.78, 5) is 20.6. The second-order valence-corrected chi connectivity index (χ2v) is 9.62. The predicted octanol–water partition coefficient (Wildman–Crippen LogP) is 2.88. The summed E-state index contributed by atoms with van der Waals surface area (Å²) in [6.45, 7) is 12.1. The quantitative estimate of drug-likeness (QED) is 0.0618. The molecule has 0 saturated carbocycles. The summed E-state index contributed by atoms with van der Waals surface area (Å²) in [6.07, 6.45) is 2.22. The van der Waals surface area contributed by atoms with E-state index >= 15 is 0 Å². The van der Waals surface area contributed by atoms with Crippen molar-refractivity contribution < 1.29 is 57.2 Å². The lowest BCUT2D eigenvalue weighted by molar-refractivity contribution is -0.393. The molecule has 47 heavy (non-hydrogen) atoms. The fourth-order valence-electron chi connectivity index (χ4n) is 3.52. The zero-order chi connectivity index (χ0) is 34.0. The van der Waals surface area contributed by atoms with Gasteiger partial charge in [-0.1, -0.05) is 13.3 Å². The number of nitrogens with zero attached hydrogens (tertiary/aromatic N) is 2. The zero-order valence-corrected chi connectivity index (χ0v) is 27.6. The first-order valence-electron chi connectivity index (χ1n) is 16.0. The average molecular weight is 680 g/mol. The number of hydrogen-bond acceptors (Lipinski definition) is 15. The maximum atomic E-state index is 11.1. The van der Waals surface area contributed by atoms with E-state index in [1.54, 1.807) is 0 Å². The smallest absolute Gasteiger partial charge is 0.299 e. The maximum Gasteiger partial charge on any atom is 0.299 e. The van der Waals surface area contributed by atoms with Gasteiger partial charge in [-0.2, -0.15) is 0 Å². The highest BCUT2D eigenvalue weighted by molar-refractivity contribution is 5.65. The molecule has 0 amide bonds. The summed E-state index contributed by atoms with van der Waals surface area (Å²) in [7, 11) is 0. The molecular formula is C30H53N3O14. The van der Waals surface area contributed by atoms with E-state index in [0.717, 1.165) is 25.5 Å². The van der Waals surface area contributed by atoms with Crippen LogP contribution >= 0.6 is 0 Å². The second kappa shape index (κ2) is 32.0. The largest absolute Gasteiger partial charge is 0.379 e. The molecule has 0 radical (unpaired) electrons. The topological polar surface area (TPSA) is 191 Å². The van der Waals surface area contributed by atoms with Gasteiger partial charge < -0.3 is 52.7 Å². The maximum absolute atomic E-state index is 11.1. The van der Waals surface area contributed by atoms with Crippen molar-refractivity contribution in [2.24, 2.45) is 0 Å². The first-order valence-corrected chi connectivity index (χ1v) is 16.0. The lowest BCUT2D eigenvalue weighted by Crippen LogP contribution is -2.16. The van der Waals surface area contributed by atoms with Gasteiger partial charge in [0.25, 0.3) is 11.4 Å². The second-order valence-electron chi connectivity index (χ2n) is 9.62.